The van der Waals surface area contributed by atoms with Gasteiger partial charge in [0.05, 0.1) is 30.0 Å². The number of rotatable bonds is 4. The zero-order chi connectivity index (χ0) is 22.1. The van der Waals surface area contributed by atoms with E-state index in [9.17, 15) is 9.59 Å². The maximum Gasteiger partial charge on any atom is 0.282 e. The minimum atomic E-state index is -0.375. The molecule has 2 atom stereocenters. The minimum Gasteiger partial charge on any atom is -0.496 e. The topological polar surface area (TPSA) is 73.6 Å². The van der Waals surface area contributed by atoms with Gasteiger partial charge in [-0.15, -0.1) is 0 Å². The number of carbonyl (C=O) groups excluding carboxylic acids is 2. The van der Waals surface area contributed by atoms with Crippen LogP contribution in [0.2, 0.25) is 0 Å². The zero-order valence-electron chi connectivity index (χ0n) is 18.0. The molecule has 6 nitrogen and oxygen atoms in total. The number of anilines is 1. The average Bonchev–Trinajstić information content (AvgIpc) is 3.03. The number of nitriles is 1. The second-order valence-electron chi connectivity index (χ2n) is 8.38. The number of amides is 2. The molecule has 2 unspecified atom stereocenters. The Morgan fingerprint density at radius 3 is 2.23 bits per heavy atom. The van der Waals surface area contributed by atoms with Gasteiger partial charge in [0.25, 0.3) is 11.8 Å². The molecule has 0 bridgehead atoms. The van der Waals surface area contributed by atoms with Crippen LogP contribution < -0.4 is 9.64 Å². The highest BCUT2D eigenvalue weighted by Gasteiger charge is 2.44. The van der Waals surface area contributed by atoms with Crippen LogP contribution >= 0.6 is 0 Å². The highest BCUT2D eigenvalue weighted by atomic mass is 16.5. The maximum atomic E-state index is 13.7. The molecule has 158 valence electrons. The Kier molecular flexibility index (Phi) is 5.51. The van der Waals surface area contributed by atoms with Crippen molar-refractivity contribution in [3.8, 4) is 11.8 Å². The normalized spacial score (nSPS) is 21.5. The van der Waals surface area contributed by atoms with Crippen molar-refractivity contribution >= 4 is 23.1 Å². The average molecular weight is 415 g/mol. The molecule has 2 aliphatic heterocycles. The molecule has 1 fully saturated rings. The minimum absolute atomic E-state index is 0.336. The highest BCUT2D eigenvalue weighted by molar-refractivity contribution is 6.45. The third-order valence-electron chi connectivity index (χ3n) is 5.88. The number of hydrogen-bond acceptors (Lipinski definition) is 5. The number of likely N-dealkylation sites (tertiary alicyclic amines) is 1. The fourth-order valence-corrected chi connectivity index (χ4v) is 4.67. The molecule has 2 heterocycles. The molecule has 2 aromatic rings. The molecule has 0 radical (unpaired) electrons. The van der Waals surface area contributed by atoms with Gasteiger partial charge in [-0.2, -0.15) is 5.26 Å². The van der Waals surface area contributed by atoms with Crippen LogP contribution in [0, 0.1) is 23.2 Å². The van der Waals surface area contributed by atoms with Crippen LogP contribution in [0.15, 0.2) is 54.2 Å². The predicted octanol–water partition coefficient (Wildman–Crippen LogP) is 3.83. The highest BCUT2D eigenvalue weighted by Crippen LogP contribution is 2.39. The second kappa shape index (κ2) is 8.27. The lowest BCUT2D eigenvalue weighted by Gasteiger charge is -2.37. The van der Waals surface area contributed by atoms with Crippen molar-refractivity contribution in [3.63, 3.8) is 0 Å². The number of nitrogens with zero attached hydrogens (tertiary/aromatic N) is 3. The SMILES string of the molecule is COc1ccccc1C1=C(N2CC(C)CC(C)C2)C(=O)N(c2ccc(C#N)cc2)C1=O. The molecule has 2 aromatic carbocycles. The molecule has 0 N–H and O–H groups in total. The fraction of sp³-hybridized carbons (Fsp3) is 0.320. The summed E-state index contributed by atoms with van der Waals surface area (Å²) < 4.78 is 5.52. The summed E-state index contributed by atoms with van der Waals surface area (Å²) in [7, 11) is 1.56. The molecule has 2 amide bonds. The molecule has 1 saturated heterocycles. The lowest BCUT2D eigenvalue weighted by atomic mass is 9.91. The van der Waals surface area contributed by atoms with Gasteiger partial charge >= 0.3 is 0 Å². The van der Waals surface area contributed by atoms with Gasteiger partial charge in [-0.3, -0.25) is 9.59 Å². The Labute approximate surface area is 182 Å². The molecule has 0 aliphatic carbocycles. The van der Waals surface area contributed by atoms with Gasteiger partial charge in [-0.05, 0) is 48.6 Å². The summed E-state index contributed by atoms with van der Waals surface area (Å²) in [4.78, 5) is 30.6. The second-order valence-corrected chi connectivity index (χ2v) is 8.38. The third-order valence-corrected chi connectivity index (χ3v) is 5.88. The van der Waals surface area contributed by atoms with E-state index in [4.69, 9.17) is 10.00 Å². The number of methoxy groups -OCH3 is 1. The van der Waals surface area contributed by atoms with E-state index in [1.165, 1.54) is 4.90 Å². The molecule has 2 aliphatic rings. The fourth-order valence-electron chi connectivity index (χ4n) is 4.67. The van der Waals surface area contributed by atoms with E-state index in [1.54, 1.807) is 37.4 Å². The van der Waals surface area contributed by atoms with E-state index < -0.39 is 0 Å². The van der Waals surface area contributed by atoms with E-state index in [0.717, 1.165) is 19.5 Å². The van der Waals surface area contributed by atoms with Gasteiger partial charge in [0, 0.05) is 18.7 Å². The Morgan fingerprint density at radius 2 is 1.61 bits per heavy atom. The van der Waals surface area contributed by atoms with Crippen molar-refractivity contribution in [3.05, 3.63) is 65.4 Å². The number of carbonyl (C=O) groups is 2. The lowest BCUT2D eigenvalue weighted by molar-refractivity contribution is -0.120. The predicted molar refractivity (Wildman–Crippen MR) is 118 cm³/mol. The first-order chi connectivity index (χ1) is 14.9. The summed E-state index contributed by atoms with van der Waals surface area (Å²) in [6, 6.07) is 15.9. The largest absolute Gasteiger partial charge is 0.496 e. The number of benzene rings is 2. The van der Waals surface area contributed by atoms with E-state index >= 15 is 0 Å². The van der Waals surface area contributed by atoms with Crippen molar-refractivity contribution in [2.75, 3.05) is 25.1 Å². The van der Waals surface area contributed by atoms with Gasteiger partial charge in [0.15, 0.2) is 0 Å². The molecular formula is C25H25N3O3. The van der Waals surface area contributed by atoms with Crippen LogP contribution in [-0.2, 0) is 9.59 Å². The Hall–Kier alpha value is -3.59. The van der Waals surface area contributed by atoms with E-state index in [0.29, 0.717) is 45.7 Å². The van der Waals surface area contributed by atoms with Gasteiger partial charge in [-0.25, -0.2) is 4.90 Å². The monoisotopic (exact) mass is 415 g/mol. The van der Waals surface area contributed by atoms with Crippen LogP contribution in [0.1, 0.15) is 31.4 Å². The van der Waals surface area contributed by atoms with Crippen molar-refractivity contribution in [1.29, 1.82) is 5.26 Å². The number of imide groups is 1. The Balaban J connectivity index is 1.86. The molecule has 0 saturated carbocycles. The van der Waals surface area contributed by atoms with Crippen LogP contribution in [0.5, 0.6) is 5.75 Å². The smallest absolute Gasteiger partial charge is 0.282 e. The van der Waals surface area contributed by atoms with Crippen molar-refractivity contribution < 1.29 is 14.3 Å². The number of para-hydroxylation sites is 1. The number of piperidine rings is 1. The molecule has 4 rings (SSSR count). The standard InChI is InChI=1S/C25H25N3O3/c1-16-12-17(2)15-27(14-16)23-22(20-6-4-5-7-21(20)31-3)24(29)28(25(23)30)19-10-8-18(13-26)9-11-19/h4-11,16-17H,12,14-15H2,1-3H3. The zero-order valence-corrected chi connectivity index (χ0v) is 18.0. The van der Waals surface area contributed by atoms with Gasteiger partial charge < -0.3 is 9.64 Å². The van der Waals surface area contributed by atoms with E-state index in [-0.39, 0.29) is 11.8 Å². The first-order valence-corrected chi connectivity index (χ1v) is 10.5. The van der Waals surface area contributed by atoms with Crippen molar-refractivity contribution in [1.82, 2.24) is 4.90 Å². The van der Waals surface area contributed by atoms with Crippen LogP contribution in [0.4, 0.5) is 5.69 Å². The number of hydrogen-bond donors (Lipinski definition) is 0. The summed E-state index contributed by atoms with van der Waals surface area (Å²) >= 11 is 0. The van der Waals surface area contributed by atoms with Crippen LogP contribution in [0.3, 0.4) is 0 Å². The first kappa shape index (κ1) is 20.7. The van der Waals surface area contributed by atoms with E-state index in [2.05, 4.69) is 24.8 Å². The van der Waals surface area contributed by atoms with E-state index in [1.807, 2.05) is 18.2 Å². The Bertz CT molecular complexity index is 1090. The third kappa shape index (κ3) is 3.68. The van der Waals surface area contributed by atoms with Gasteiger partial charge in [0.1, 0.15) is 11.4 Å². The van der Waals surface area contributed by atoms with Crippen LogP contribution in [-0.4, -0.2) is 36.9 Å². The summed E-state index contributed by atoms with van der Waals surface area (Å²) in [5.74, 6) is 0.678. The lowest BCUT2D eigenvalue weighted by Crippen LogP contribution is -2.42. The summed E-state index contributed by atoms with van der Waals surface area (Å²) in [5, 5.41) is 9.08. The van der Waals surface area contributed by atoms with Crippen molar-refractivity contribution in [2.45, 2.75) is 20.3 Å². The molecule has 0 aromatic heterocycles. The van der Waals surface area contributed by atoms with Crippen LogP contribution in [0.25, 0.3) is 5.57 Å². The van der Waals surface area contributed by atoms with Gasteiger partial charge in [-0.1, -0.05) is 32.0 Å². The first-order valence-electron chi connectivity index (χ1n) is 10.5. The molecule has 31 heavy (non-hydrogen) atoms. The molecular weight excluding hydrogens is 390 g/mol. The Morgan fingerprint density at radius 1 is 0.968 bits per heavy atom. The number of ether oxygens (including phenoxy) is 1. The quantitative estimate of drug-likeness (QED) is 0.710. The summed E-state index contributed by atoms with van der Waals surface area (Å²) in [6.07, 6.45) is 1.09. The maximum absolute atomic E-state index is 13.7. The summed E-state index contributed by atoms with van der Waals surface area (Å²) in [6.45, 7) is 5.79. The molecule has 0 spiro atoms. The molecule has 6 heteroatoms. The van der Waals surface area contributed by atoms with Crippen molar-refractivity contribution in [2.24, 2.45) is 11.8 Å². The van der Waals surface area contributed by atoms with Gasteiger partial charge in [0.2, 0.25) is 0 Å². The summed E-state index contributed by atoms with van der Waals surface area (Å²) in [5.41, 5.74) is 2.33.